The molecule has 144 valence electrons. The molecule has 0 unspecified atom stereocenters. The van der Waals surface area contributed by atoms with Crippen LogP contribution in [0.4, 0.5) is 11.4 Å². The summed E-state index contributed by atoms with van der Waals surface area (Å²) in [7, 11) is 8.06. The maximum atomic E-state index is 12.2. The molecule has 0 aliphatic carbocycles. The zero-order chi connectivity index (χ0) is 20.0. The van der Waals surface area contributed by atoms with E-state index in [0.717, 1.165) is 16.8 Å². The van der Waals surface area contributed by atoms with Gasteiger partial charge in [0.2, 0.25) is 0 Å². The number of carbonyl (C=O) groups excluding carboxylic acids is 2. The first-order valence-electron chi connectivity index (χ1n) is 9.01. The van der Waals surface area contributed by atoms with E-state index in [2.05, 4.69) is 34.9 Å². The monoisotopic (exact) mass is 369 g/mol. The molecule has 2 amide bonds. The van der Waals surface area contributed by atoms with Crippen LogP contribution in [0.15, 0.2) is 48.5 Å². The molecule has 0 spiro atoms. The minimum atomic E-state index is -0.653. The number of hydrogen-bond acceptors (Lipinski definition) is 3. The van der Waals surface area contributed by atoms with Crippen molar-refractivity contribution in [3.8, 4) is 0 Å². The number of amides is 2. The summed E-state index contributed by atoms with van der Waals surface area (Å²) < 4.78 is 0. The van der Waals surface area contributed by atoms with Crippen molar-refractivity contribution in [2.75, 3.05) is 45.0 Å². The van der Waals surface area contributed by atoms with Crippen molar-refractivity contribution >= 4 is 23.2 Å². The maximum absolute atomic E-state index is 12.2. The molecule has 0 saturated heterocycles. The number of aryl methyl sites for hydroxylation is 1. The van der Waals surface area contributed by atoms with Gasteiger partial charge in [0, 0.05) is 31.0 Å². The lowest BCUT2D eigenvalue weighted by molar-refractivity contribution is -0.890. The molecule has 0 aliphatic rings. The van der Waals surface area contributed by atoms with Crippen LogP contribution in [0.2, 0.25) is 0 Å². The number of quaternary nitrogens is 1. The molecule has 2 aromatic carbocycles. The third-order valence-corrected chi connectivity index (χ3v) is 4.58. The van der Waals surface area contributed by atoms with Gasteiger partial charge in [0.25, 0.3) is 0 Å². The average molecular weight is 369 g/mol. The fraction of sp³-hybridized carbons (Fsp3) is 0.333. The summed E-state index contributed by atoms with van der Waals surface area (Å²) in [4.78, 5) is 27.6. The molecule has 0 radical (unpaired) electrons. The second kappa shape index (κ2) is 9.19. The summed E-state index contributed by atoms with van der Waals surface area (Å²) in [6, 6.07) is 15.7. The van der Waals surface area contributed by atoms with Gasteiger partial charge in [-0.05, 0) is 30.7 Å². The Labute approximate surface area is 161 Å². The summed E-state index contributed by atoms with van der Waals surface area (Å²) in [6.45, 7) is 2.26. The highest BCUT2D eigenvalue weighted by molar-refractivity contribution is 6.39. The van der Waals surface area contributed by atoms with Crippen LogP contribution in [0.3, 0.4) is 0 Å². The Kier molecular flexibility index (Phi) is 6.96. The van der Waals surface area contributed by atoms with Gasteiger partial charge in [-0.3, -0.25) is 9.59 Å². The van der Waals surface area contributed by atoms with Crippen LogP contribution in [-0.2, 0) is 9.59 Å². The van der Waals surface area contributed by atoms with Gasteiger partial charge in [0.05, 0.1) is 20.6 Å². The molecule has 2 aromatic rings. The Hall–Kier alpha value is -2.86. The number of benzene rings is 2. The Morgan fingerprint density at radius 1 is 1.00 bits per heavy atom. The van der Waals surface area contributed by atoms with Crippen molar-refractivity contribution in [3.63, 3.8) is 0 Å². The van der Waals surface area contributed by atoms with Gasteiger partial charge in [-0.1, -0.05) is 30.3 Å². The Balaban J connectivity index is 1.99. The van der Waals surface area contributed by atoms with Crippen molar-refractivity contribution in [3.05, 3.63) is 59.7 Å². The predicted molar refractivity (Wildman–Crippen MR) is 109 cm³/mol. The molecule has 0 aliphatic heterocycles. The lowest BCUT2D eigenvalue weighted by atomic mass is 10.1. The zero-order valence-corrected chi connectivity index (χ0v) is 16.7. The van der Waals surface area contributed by atoms with Gasteiger partial charge in [0.15, 0.2) is 0 Å². The van der Waals surface area contributed by atoms with Crippen LogP contribution < -0.4 is 20.4 Å². The number of carbonyl (C=O) groups is 2. The molecular formula is C21H29N4O2+. The number of rotatable bonds is 6. The Morgan fingerprint density at radius 3 is 2.19 bits per heavy atom. The summed E-state index contributed by atoms with van der Waals surface area (Å²) in [5.74, 6) is -1.28. The number of likely N-dealkylation sites (N-methyl/N-ethyl adjacent to an activating group) is 1. The number of nitrogens with one attached hydrogen (secondary N) is 3. The zero-order valence-electron chi connectivity index (χ0n) is 16.7. The van der Waals surface area contributed by atoms with E-state index in [-0.39, 0.29) is 6.04 Å². The van der Waals surface area contributed by atoms with E-state index in [4.69, 9.17) is 0 Å². The lowest BCUT2D eigenvalue weighted by Crippen LogP contribution is -3.07. The summed E-state index contributed by atoms with van der Waals surface area (Å²) in [5.41, 5.74) is 3.79. The van der Waals surface area contributed by atoms with Crippen LogP contribution in [0, 0.1) is 6.92 Å². The molecule has 0 saturated carbocycles. The largest absolute Gasteiger partial charge is 0.378 e. The second-order valence-electron chi connectivity index (χ2n) is 7.09. The molecule has 1 atom stereocenters. The first kappa shape index (κ1) is 20.5. The summed E-state index contributed by atoms with van der Waals surface area (Å²) >= 11 is 0. The van der Waals surface area contributed by atoms with Gasteiger partial charge < -0.3 is 20.4 Å². The minimum absolute atomic E-state index is 0.0522. The van der Waals surface area contributed by atoms with Crippen LogP contribution >= 0.6 is 0 Å². The van der Waals surface area contributed by atoms with E-state index in [9.17, 15) is 9.59 Å². The van der Waals surface area contributed by atoms with Crippen molar-refractivity contribution in [2.24, 2.45) is 0 Å². The maximum Gasteiger partial charge on any atom is 0.313 e. The summed E-state index contributed by atoms with van der Waals surface area (Å²) in [5, 5.41) is 5.42. The molecular weight excluding hydrogens is 340 g/mol. The Morgan fingerprint density at radius 2 is 1.63 bits per heavy atom. The molecule has 3 N–H and O–H groups in total. The third kappa shape index (κ3) is 5.56. The van der Waals surface area contributed by atoms with Crippen LogP contribution in [0.1, 0.15) is 17.2 Å². The second-order valence-corrected chi connectivity index (χ2v) is 7.09. The van der Waals surface area contributed by atoms with E-state index >= 15 is 0 Å². The molecule has 0 heterocycles. The smallest absolute Gasteiger partial charge is 0.313 e. The molecule has 0 bridgehead atoms. The summed E-state index contributed by atoms with van der Waals surface area (Å²) in [6.07, 6.45) is 0. The van der Waals surface area contributed by atoms with E-state index in [1.165, 1.54) is 4.90 Å². The average Bonchev–Trinajstić information content (AvgIpc) is 2.63. The Bertz CT molecular complexity index is 785. The normalized spacial score (nSPS) is 11.8. The number of nitrogens with zero attached hydrogens (tertiary/aromatic N) is 1. The third-order valence-electron chi connectivity index (χ3n) is 4.58. The van der Waals surface area contributed by atoms with Gasteiger partial charge >= 0.3 is 11.8 Å². The van der Waals surface area contributed by atoms with Crippen molar-refractivity contribution in [2.45, 2.75) is 13.0 Å². The quantitative estimate of drug-likeness (QED) is 0.666. The molecule has 0 aromatic heterocycles. The first-order chi connectivity index (χ1) is 12.8. The van der Waals surface area contributed by atoms with E-state index < -0.39 is 11.8 Å². The van der Waals surface area contributed by atoms with E-state index in [1.54, 1.807) is 6.07 Å². The van der Waals surface area contributed by atoms with E-state index in [0.29, 0.717) is 12.2 Å². The number of para-hydroxylation sites is 1. The SMILES string of the molecule is Cc1ccccc1NC(=O)C(=O)NC[C@H](c1ccc(N(C)C)cc1)[NH+](C)C. The molecule has 27 heavy (non-hydrogen) atoms. The number of hydrogen-bond donors (Lipinski definition) is 3. The fourth-order valence-electron chi connectivity index (χ4n) is 2.83. The van der Waals surface area contributed by atoms with Gasteiger partial charge in [-0.2, -0.15) is 0 Å². The van der Waals surface area contributed by atoms with Crippen LogP contribution in [0.25, 0.3) is 0 Å². The highest BCUT2D eigenvalue weighted by atomic mass is 16.2. The fourth-order valence-corrected chi connectivity index (χ4v) is 2.83. The van der Waals surface area contributed by atoms with Crippen molar-refractivity contribution in [1.82, 2.24) is 5.32 Å². The standard InChI is InChI=1S/C21H28N4O2/c1-15-8-6-7-9-18(15)23-21(27)20(26)22-14-19(25(4)5)16-10-12-17(13-11-16)24(2)3/h6-13,19H,14H2,1-5H3,(H,22,26)(H,23,27)/p+1/t19-/m1/s1. The van der Waals surface area contributed by atoms with Crippen LogP contribution in [0.5, 0.6) is 0 Å². The van der Waals surface area contributed by atoms with Gasteiger partial charge in [-0.15, -0.1) is 0 Å². The minimum Gasteiger partial charge on any atom is -0.378 e. The highest BCUT2D eigenvalue weighted by Crippen LogP contribution is 2.16. The van der Waals surface area contributed by atoms with Crippen LogP contribution in [-0.4, -0.2) is 46.5 Å². The molecule has 0 fully saturated rings. The first-order valence-corrected chi connectivity index (χ1v) is 9.01. The lowest BCUT2D eigenvalue weighted by Gasteiger charge is -2.23. The van der Waals surface area contributed by atoms with Crippen molar-refractivity contribution < 1.29 is 14.5 Å². The molecule has 2 rings (SSSR count). The van der Waals surface area contributed by atoms with E-state index in [1.807, 2.05) is 58.2 Å². The molecule has 6 nitrogen and oxygen atoms in total. The number of anilines is 2. The van der Waals surface area contributed by atoms with Crippen molar-refractivity contribution in [1.29, 1.82) is 0 Å². The van der Waals surface area contributed by atoms with Gasteiger partial charge in [-0.25, -0.2) is 0 Å². The van der Waals surface area contributed by atoms with Gasteiger partial charge in [0.1, 0.15) is 6.04 Å². The topological polar surface area (TPSA) is 65.9 Å². The predicted octanol–water partition coefficient (Wildman–Crippen LogP) is 1.00. The molecule has 6 heteroatoms. The highest BCUT2D eigenvalue weighted by Gasteiger charge is 2.21.